The van der Waals surface area contributed by atoms with E-state index in [-0.39, 0.29) is 35.9 Å². The third-order valence-corrected chi connectivity index (χ3v) is 5.80. The summed E-state index contributed by atoms with van der Waals surface area (Å²) >= 11 is 0. The number of nitro benzene ring substituents is 1. The lowest BCUT2D eigenvalue weighted by Crippen LogP contribution is -2.30. The third kappa shape index (κ3) is 5.66. The van der Waals surface area contributed by atoms with E-state index in [9.17, 15) is 19.3 Å². The van der Waals surface area contributed by atoms with Crippen LogP contribution in [0.15, 0.2) is 46.9 Å². The van der Waals surface area contributed by atoms with Gasteiger partial charge in [-0.2, -0.15) is 0 Å². The molecule has 34 heavy (non-hydrogen) atoms. The van der Waals surface area contributed by atoms with Crippen molar-refractivity contribution in [2.24, 2.45) is 0 Å². The molecule has 4 rings (SSSR count). The van der Waals surface area contributed by atoms with Crippen molar-refractivity contribution in [3.05, 3.63) is 81.0 Å². The lowest BCUT2D eigenvalue weighted by molar-refractivity contribution is -0.384. The molecule has 1 aromatic heterocycles. The Balaban J connectivity index is 1.34. The van der Waals surface area contributed by atoms with E-state index in [0.717, 1.165) is 12.8 Å². The SMILES string of the molecule is Cc1cc(C(=O)O[C@H]2CCC[C@@H](OCc3nc(-c4ccc(F)cc4)oc3C)C2)cc([N+](=O)[O-])c1. The van der Waals surface area contributed by atoms with Crippen molar-refractivity contribution in [1.29, 1.82) is 0 Å². The summed E-state index contributed by atoms with van der Waals surface area (Å²) in [4.78, 5) is 27.6. The molecule has 1 saturated carbocycles. The number of aromatic nitrogens is 1. The zero-order chi connectivity index (χ0) is 24.2. The second kappa shape index (κ2) is 10.1. The van der Waals surface area contributed by atoms with E-state index < -0.39 is 10.9 Å². The summed E-state index contributed by atoms with van der Waals surface area (Å²) in [6, 6.07) is 10.1. The highest BCUT2D eigenvalue weighted by atomic mass is 19.1. The molecule has 1 aliphatic rings. The predicted octanol–water partition coefficient (Wildman–Crippen LogP) is 5.69. The highest BCUT2D eigenvalue weighted by Gasteiger charge is 2.27. The van der Waals surface area contributed by atoms with Crippen LogP contribution in [0.1, 0.15) is 53.1 Å². The minimum absolute atomic E-state index is 0.122. The smallest absolute Gasteiger partial charge is 0.338 e. The number of non-ortho nitro benzene ring substituents is 1. The number of benzene rings is 2. The minimum Gasteiger partial charge on any atom is -0.459 e. The quantitative estimate of drug-likeness (QED) is 0.249. The van der Waals surface area contributed by atoms with Crippen LogP contribution in [0.5, 0.6) is 0 Å². The maximum Gasteiger partial charge on any atom is 0.338 e. The molecule has 0 N–H and O–H groups in total. The maximum atomic E-state index is 13.2. The molecule has 0 unspecified atom stereocenters. The fourth-order valence-electron chi connectivity index (χ4n) is 4.04. The van der Waals surface area contributed by atoms with Crippen LogP contribution in [0.4, 0.5) is 10.1 Å². The molecule has 2 aromatic carbocycles. The van der Waals surface area contributed by atoms with Crippen molar-refractivity contribution in [2.75, 3.05) is 0 Å². The third-order valence-electron chi connectivity index (χ3n) is 5.80. The monoisotopic (exact) mass is 468 g/mol. The van der Waals surface area contributed by atoms with Gasteiger partial charge in [0, 0.05) is 24.1 Å². The number of rotatable bonds is 7. The Morgan fingerprint density at radius 3 is 2.65 bits per heavy atom. The molecule has 8 nitrogen and oxygen atoms in total. The van der Waals surface area contributed by atoms with Crippen LogP contribution in [0.2, 0.25) is 0 Å². The van der Waals surface area contributed by atoms with Gasteiger partial charge in [0.15, 0.2) is 0 Å². The number of ether oxygens (including phenoxy) is 2. The van der Waals surface area contributed by atoms with Crippen LogP contribution in [0.25, 0.3) is 11.5 Å². The Kier molecular flexibility index (Phi) is 7.02. The van der Waals surface area contributed by atoms with Gasteiger partial charge in [-0.25, -0.2) is 14.2 Å². The van der Waals surface area contributed by atoms with Crippen molar-refractivity contribution in [3.8, 4) is 11.5 Å². The Labute approximate surface area is 195 Å². The van der Waals surface area contributed by atoms with Crippen LogP contribution in [-0.2, 0) is 16.1 Å². The van der Waals surface area contributed by atoms with E-state index in [1.807, 2.05) is 0 Å². The Morgan fingerprint density at radius 1 is 1.18 bits per heavy atom. The lowest BCUT2D eigenvalue weighted by atomic mass is 9.94. The lowest BCUT2D eigenvalue weighted by Gasteiger charge is -2.28. The van der Waals surface area contributed by atoms with Gasteiger partial charge >= 0.3 is 5.97 Å². The molecular formula is C25H25FN2O6. The number of esters is 1. The zero-order valence-corrected chi connectivity index (χ0v) is 19.0. The Bertz CT molecular complexity index is 1190. The summed E-state index contributed by atoms with van der Waals surface area (Å²) in [6.45, 7) is 3.73. The average Bonchev–Trinajstić information content (AvgIpc) is 3.18. The number of nitro groups is 1. The van der Waals surface area contributed by atoms with E-state index in [4.69, 9.17) is 13.9 Å². The molecule has 3 aromatic rings. The van der Waals surface area contributed by atoms with E-state index in [0.29, 0.717) is 41.3 Å². The van der Waals surface area contributed by atoms with E-state index >= 15 is 0 Å². The fourth-order valence-corrected chi connectivity index (χ4v) is 4.04. The number of oxazole rings is 1. The predicted molar refractivity (Wildman–Crippen MR) is 121 cm³/mol. The van der Waals surface area contributed by atoms with Gasteiger partial charge in [0.05, 0.1) is 23.2 Å². The van der Waals surface area contributed by atoms with Gasteiger partial charge in [-0.1, -0.05) is 0 Å². The molecule has 0 amide bonds. The van der Waals surface area contributed by atoms with Gasteiger partial charge in [0.2, 0.25) is 5.89 Å². The first-order valence-corrected chi connectivity index (χ1v) is 11.1. The molecule has 0 aliphatic heterocycles. The molecule has 178 valence electrons. The Morgan fingerprint density at radius 2 is 1.91 bits per heavy atom. The van der Waals surface area contributed by atoms with E-state index in [1.165, 1.54) is 24.3 Å². The molecule has 0 saturated heterocycles. The number of nitrogens with zero attached hydrogens (tertiary/aromatic N) is 2. The van der Waals surface area contributed by atoms with Gasteiger partial charge in [-0.3, -0.25) is 10.1 Å². The largest absolute Gasteiger partial charge is 0.459 e. The van der Waals surface area contributed by atoms with Gasteiger partial charge in [-0.05, 0) is 69.0 Å². The van der Waals surface area contributed by atoms with E-state index in [1.54, 1.807) is 32.0 Å². The van der Waals surface area contributed by atoms with Gasteiger partial charge < -0.3 is 13.9 Å². The summed E-state index contributed by atoms with van der Waals surface area (Å²) in [5, 5.41) is 11.1. The first-order valence-electron chi connectivity index (χ1n) is 11.1. The fraction of sp³-hybridized carbons (Fsp3) is 0.360. The minimum atomic E-state index is -0.575. The molecular weight excluding hydrogens is 443 g/mol. The molecule has 0 radical (unpaired) electrons. The summed E-state index contributed by atoms with van der Waals surface area (Å²) in [6.07, 6.45) is 2.43. The molecule has 1 heterocycles. The highest BCUT2D eigenvalue weighted by Crippen LogP contribution is 2.28. The topological polar surface area (TPSA) is 105 Å². The van der Waals surface area contributed by atoms with Crippen molar-refractivity contribution < 1.29 is 28.0 Å². The van der Waals surface area contributed by atoms with Crippen LogP contribution >= 0.6 is 0 Å². The number of aryl methyl sites for hydroxylation is 2. The highest BCUT2D eigenvalue weighted by molar-refractivity contribution is 5.90. The van der Waals surface area contributed by atoms with Gasteiger partial charge in [-0.15, -0.1) is 0 Å². The first kappa shape index (κ1) is 23.6. The van der Waals surface area contributed by atoms with Crippen LogP contribution < -0.4 is 0 Å². The van der Waals surface area contributed by atoms with E-state index in [2.05, 4.69) is 4.98 Å². The number of hydrogen-bond donors (Lipinski definition) is 0. The second-order valence-electron chi connectivity index (χ2n) is 8.47. The van der Waals surface area contributed by atoms with Crippen LogP contribution in [0.3, 0.4) is 0 Å². The Hall–Kier alpha value is -3.59. The van der Waals surface area contributed by atoms with Crippen molar-refractivity contribution >= 4 is 11.7 Å². The summed E-state index contributed by atoms with van der Waals surface area (Å²) < 4.78 is 30.5. The second-order valence-corrected chi connectivity index (χ2v) is 8.47. The number of hydrogen-bond acceptors (Lipinski definition) is 7. The normalized spacial score (nSPS) is 18.0. The molecule has 2 atom stereocenters. The maximum absolute atomic E-state index is 13.2. The zero-order valence-electron chi connectivity index (χ0n) is 19.0. The molecule has 0 spiro atoms. The first-order chi connectivity index (χ1) is 16.3. The standard InChI is InChI=1S/C25H25FN2O6/c1-15-10-18(12-20(11-15)28(30)31)25(29)34-22-5-3-4-21(13-22)32-14-23-16(2)33-24(27-23)17-6-8-19(26)9-7-17/h6-12,21-22H,3-5,13-14H2,1-2H3/t21-,22+/m1/s1. The summed E-state index contributed by atoms with van der Waals surface area (Å²) in [5.74, 6) is 0.121. The van der Waals surface area contributed by atoms with Crippen molar-refractivity contribution in [2.45, 2.75) is 58.3 Å². The molecule has 1 aliphatic carbocycles. The summed E-state index contributed by atoms with van der Waals surface area (Å²) in [7, 11) is 0. The summed E-state index contributed by atoms with van der Waals surface area (Å²) in [5.41, 5.74) is 1.98. The molecule has 9 heteroatoms. The number of halogens is 1. The number of carbonyl (C=O) groups is 1. The van der Waals surface area contributed by atoms with Crippen LogP contribution in [0, 0.1) is 29.8 Å². The average molecular weight is 468 g/mol. The number of carbonyl (C=O) groups excluding carboxylic acids is 1. The molecule has 0 bridgehead atoms. The van der Waals surface area contributed by atoms with Gasteiger partial charge in [0.1, 0.15) is 23.4 Å². The van der Waals surface area contributed by atoms with Crippen molar-refractivity contribution in [3.63, 3.8) is 0 Å². The van der Waals surface area contributed by atoms with Crippen LogP contribution in [-0.4, -0.2) is 28.1 Å². The van der Waals surface area contributed by atoms with Gasteiger partial charge in [0.25, 0.3) is 5.69 Å². The molecule has 1 fully saturated rings. The van der Waals surface area contributed by atoms with Crippen molar-refractivity contribution in [1.82, 2.24) is 4.98 Å².